The van der Waals surface area contributed by atoms with Gasteiger partial charge in [-0.1, -0.05) is 28.1 Å². The topological polar surface area (TPSA) is 73.6 Å². The predicted molar refractivity (Wildman–Crippen MR) is 97.5 cm³/mol. The minimum Gasteiger partial charge on any atom is -0.493 e. The summed E-state index contributed by atoms with van der Waals surface area (Å²) in [6, 6.07) is 12.9. The number of halogens is 1. The smallest absolute Gasteiger partial charge is 0.251 e. The lowest BCUT2D eigenvalue weighted by atomic mass is 10.1. The van der Waals surface area contributed by atoms with Crippen molar-refractivity contribution in [3.05, 3.63) is 58.1 Å². The Kier molecular flexibility index (Phi) is 6.63. The molecule has 0 radical (unpaired) electrons. The normalized spacial score (nSPS) is 11.7. The van der Waals surface area contributed by atoms with Gasteiger partial charge in [-0.05, 0) is 42.8 Å². The average molecular weight is 393 g/mol. The number of rotatable bonds is 7. The van der Waals surface area contributed by atoms with Gasteiger partial charge in [0.15, 0.2) is 11.5 Å². The Morgan fingerprint density at radius 1 is 1.21 bits per heavy atom. The number of methoxy groups -OCH3 is 1. The molecule has 0 saturated heterocycles. The first-order valence-electron chi connectivity index (χ1n) is 7.59. The van der Waals surface area contributed by atoms with Gasteiger partial charge in [-0.2, -0.15) is 0 Å². The molecule has 0 aliphatic carbocycles. The number of carbonyl (C=O) groups is 1. The third-order valence-electron chi connectivity index (χ3n) is 3.46. The van der Waals surface area contributed by atoms with Crippen molar-refractivity contribution in [3.63, 3.8) is 0 Å². The first-order valence-corrected chi connectivity index (χ1v) is 8.39. The molecule has 1 amide bonds. The van der Waals surface area contributed by atoms with E-state index >= 15 is 0 Å². The van der Waals surface area contributed by atoms with E-state index < -0.39 is 0 Å². The minimum atomic E-state index is -0.189. The van der Waals surface area contributed by atoms with Crippen molar-refractivity contribution in [2.45, 2.75) is 19.6 Å². The lowest BCUT2D eigenvalue weighted by Gasteiger charge is -2.14. The van der Waals surface area contributed by atoms with Crippen LogP contribution in [0.25, 0.3) is 0 Å². The Morgan fingerprint density at radius 2 is 1.92 bits per heavy atom. The van der Waals surface area contributed by atoms with Crippen LogP contribution in [0.2, 0.25) is 0 Å². The molecule has 0 fully saturated rings. The molecule has 6 heteroatoms. The molecule has 1 atom stereocenters. The van der Waals surface area contributed by atoms with Crippen LogP contribution < -0.4 is 20.5 Å². The van der Waals surface area contributed by atoms with E-state index in [4.69, 9.17) is 15.2 Å². The number of nitrogens with one attached hydrogen (secondary N) is 1. The number of amides is 1. The van der Waals surface area contributed by atoms with Crippen molar-refractivity contribution >= 4 is 21.8 Å². The summed E-state index contributed by atoms with van der Waals surface area (Å²) in [5.74, 6) is 0.912. The van der Waals surface area contributed by atoms with Crippen LogP contribution in [0.5, 0.6) is 11.5 Å². The summed E-state index contributed by atoms with van der Waals surface area (Å²) in [4.78, 5) is 12.1. The van der Waals surface area contributed by atoms with E-state index in [0.717, 1.165) is 10.0 Å². The molecule has 0 unspecified atom stereocenters. The summed E-state index contributed by atoms with van der Waals surface area (Å²) in [5.41, 5.74) is 7.06. The Hall–Kier alpha value is -2.05. The van der Waals surface area contributed by atoms with Gasteiger partial charge in [-0.15, -0.1) is 0 Å². The molecule has 0 spiro atoms. The van der Waals surface area contributed by atoms with Gasteiger partial charge in [0.25, 0.3) is 5.91 Å². The molecule has 2 aromatic carbocycles. The molecule has 0 aromatic heterocycles. The van der Waals surface area contributed by atoms with Gasteiger partial charge in [-0.25, -0.2) is 0 Å². The van der Waals surface area contributed by atoms with Gasteiger partial charge in [0, 0.05) is 22.6 Å². The lowest BCUT2D eigenvalue weighted by Crippen LogP contribution is -2.37. The molecule has 24 heavy (non-hydrogen) atoms. The largest absolute Gasteiger partial charge is 0.493 e. The number of hydrogen-bond donors (Lipinski definition) is 2. The molecule has 0 aliphatic rings. The van der Waals surface area contributed by atoms with E-state index in [-0.39, 0.29) is 11.9 Å². The summed E-state index contributed by atoms with van der Waals surface area (Å²) in [7, 11) is 1.55. The highest BCUT2D eigenvalue weighted by molar-refractivity contribution is 9.10. The maximum atomic E-state index is 12.1. The average Bonchev–Trinajstić information content (AvgIpc) is 2.60. The maximum Gasteiger partial charge on any atom is 0.251 e. The summed E-state index contributed by atoms with van der Waals surface area (Å²) >= 11 is 3.40. The molecule has 0 saturated carbocycles. The second-order valence-electron chi connectivity index (χ2n) is 5.39. The molecule has 128 valence electrons. The Bertz CT molecular complexity index is 689. The molecule has 3 N–H and O–H groups in total. The number of nitrogens with two attached hydrogens (primary N) is 1. The molecule has 2 aromatic rings. The van der Waals surface area contributed by atoms with E-state index in [1.165, 1.54) is 0 Å². The molecular weight excluding hydrogens is 372 g/mol. The Morgan fingerprint density at radius 3 is 2.54 bits per heavy atom. The van der Waals surface area contributed by atoms with Crippen LogP contribution in [-0.4, -0.2) is 25.6 Å². The zero-order valence-electron chi connectivity index (χ0n) is 13.7. The fourth-order valence-electron chi connectivity index (χ4n) is 2.04. The second-order valence-corrected chi connectivity index (χ2v) is 6.31. The highest BCUT2D eigenvalue weighted by Crippen LogP contribution is 2.29. The second kappa shape index (κ2) is 8.70. The summed E-state index contributed by atoms with van der Waals surface area (Å²) in [5, 5.41) is 2.81. The van der Waals surface area contributed by atoms with Gasteiger partial charge in [0.1, 0.15) is 6.61 Å². The third-order valence-corrected chi connectivity index (χ3v) is 3.99. The molecule has 0 bridgehead atoms. The van der Waals surface area contributed by atoms with Crippen molar-refractivity contribution in [3.8, 4) is 11.5 Å². The van der Waals surface area contributed by atoms with Crippen LogP contribution in [0, 0.1) is 0 Å². The van der Waals surface area contributed by atoms with Gasteiger partial charge >= 0.3 is 0 Å². The Balaban J connectivity index is 2.08. The van der Waals surface area contributed by atoms with Crippen LogP contribution in [0.15, 0.2) is 46.9 Å². The molecule has 0 aliphatic heterocycles. The van der Waals surface area contributed by atoms with Crippen molar-refractivity contribution in [2.75, 3.05) is 13.7 Å². The van der Waals surface area contributed by atoms with Crippen LogP contribution in [-0.2, 0) is 6.61 Å². The van der Waals surface area contributed by atoms with E-state index in [2.05, 4.69) is 21.2 Å². The highest BCUT2D eigenvalue weighted by Gasteiger charge is 2.13. The maximum absolute atomic E-state index is 12.1. The van der Waals surface area contributed by atoms with Gasteiger partial charge in [0.2, 0.25) is 0 Å². The third kappa shape index (κ3) is 4.97. The zero-order chi connectivity index (χ0) is 17.5. The number of hydrogen-bond acceptors (Lipinski definition) is 4. The van der Waals surface area contributed by atoms with Crippen LogP contribution in [0.1, 0.15) is 22.8 Å². The van der Waals surface area contributed by atoms with Crippen molar-refractivity contribution in [1.82, 2.24) is 5.32 Å². The molecule has 5 nitrogen and oxygen atoms in total. The quantitative estimate of drug-likeness (QED) is 0.758. The van der Waals surface area contributed by atoms with Crippen LogP contribution in [0.3, 0.4) is 0 Å². The van der Waals surface area contributed by atoms with Crippen molar-refractivity contribution in [2.24, 2.45) is 5.73 Å². The first-order chi connectivity index (χ1) is 11.5. The number of ether oxygens (including phenoxy) is 2. The summed E-state index contributed by atoms with van der Waals surface area (Å²) in [6.45, 7) is 2.65. The van der Waals surface area contributed by atoms with Gasteiger partial charge in [-0.3, -0.25) is 4.79 Å². The van der Waals surface area contributed by atoms with Gasteiger partial charge < -0.3 is 20.5 Å². The highest BCUT2D eigenvalue weighted by atomic mass is 79.9. The first kappa shape index (κ1) is 18.3. The molecule has 0 heterocycles. The van der Waals surface area contributed by atoms with Gasteiger partial charge in [0.05, 0.1) is 7.11 Å². The number of carbonyl (C=O) groups excluding carboxylic acids is 1. The minimum absolute atomic E-state index is 0.0863. The van der Waals surface area contributed by atoms with Crippen LogP contribution >= 0.6 is 15.9 Å². The SMILES string of the molecule is COc1cc(C(=O)N[C@@H](C)CN)ccc1OCc1ccc(Br)cc1. The van der Waals surface area contributed by atoms with E-state index in [9.17, 15) is 4.79 Å². The zero-order valence-corrected chi connectivity index (χ0v) is 15.3. The lowest BCUT2D eigenvalue weighted by molar-refractivity contribution is 0.0941. The summed E-state index contributed by atoms with van der Waals surface area (Å²) < 4.78 is 12.2. The van der Waals surface area contributed by atoms with Crippen LogP contribution in [0.4, 0.5) is 0 Å². The fraction of sp³-hybridized carbons (Fsp3) is 0.278. The molecule has 2 rings (SSSR count). The Labute approximate surface area is 150 Å². The monoisotopic (exact) mass is 392 g/mol. The van der Waals surface area contributed by atoms with E-state index in [0.29, 0.717) is 30.2 Å². The van der Waals surface area contributed by atoms with Crippen molar-refractivity contribution in [1.29, 1.82) is 0 Å². The van der Waals surface area contributed by atoms with Crippen molar-refractivity contribution < 1.29 is 14.3 Å². The summed E-state index contributed by atoms with van der Waals surface area (Å²) in [6.07, 6.45) is 0. The molecular formula is C18H21BrN2O3. The predicted octanol–water partition coefficient (Wildman–Crippen LogP) is 3.11. The van der Waals surface area contributed by atoms with E-state index in [1.807, 2.05) is 31.2 Å². The standard InChI is InChI=1S/C18H21BrN2O3/c1-12(10-20)21-18(22)14-5-8-16(17(9-14)23-2)24-11-13-3-6-15(19)7-4-13/h3-9,12H,10-11,20H2,1-2H3,(H,21,22)/t12-/m0/s1. The fourth-order valence-corrected chi connectivity index (χ4v) is 2.30. The number of benzene rings is 2. The van der Waals surface area contributed by atoms with E-state index in [1.54, 1.807) is 25.3 Å².